The minimum absolute atomic E-state index is 0.163. The van der Waals surface area contributed by atoms with Gasteiger partial charge in [0, 0.05) is 6.42 Å². The summed E-state index contributed by atoms with van der Waals surface area (Å²) in [6.45, 7) is 2.22. The number of unbranched alkanes of at least 4 members (excludes halogenated alkanes) is 6. The van der Waals surface area contributed by atoms with E-state index in [1.807, 2.05) is 0 Å². The van der Waals surface area contributed by atoms with Crippen LogP contribution in [0.3, 0.4) is 0 Å². The zero-order valence-electron chi connectivity index (χ0n) is 17.1. The molecule has 1 amide bonds. The number of amides is 1. The number of carbonyl (C=O) groups is 1. The van der Waals surface area contributed by atoms with Gasteiger partial charge in [-0.15, -0.1) is 0 Å². The Hall–Kier alpha value is -0.530. The van der Waals surface area contributed by atoms with Gasteiger partial charge in [-0.05, 0) is 24.7 Å². The van der Waals surface area contributed by atoms with Crippen LogP contribution in [-0.4, -0.2) is 5.91 Å². The van der Waals surface area contributed by atoms with Gasteiger partial charge < -0.3 is 5.73 Å². The summed E-state index contributed by atoms with van der Waals surface area (Å²) in [5.41, 5.74) is 5.02. The first-order valence-corrected chi connectivity index (χ1v) is 11.5. The molecule has 0 bridgehead atoms. The van der Waals surface area contributed by atoms with Gasteiger partial charge in [-0.1, -0.05) is 110 Å². The van der Waals surface area contributed by atoms with Gasteiger partial charge in [0.1, 0.15) is 0 Å². The first-order chi connectivity index (χ1) is 12.2. The molecule has 0 unspecified atom stereocenters. The van der Waals surface area contributed by atoms with Crippen LogP contribution in [0.15, 0.2) is 0 Å². The molecule has 2 fully saturated rings. The normalized spacial score (nSPS) is 19.2. The first kappa shape index (κ1) is 22.5. The molecular formula is C23H45NO. The average molecular weight is 352 g/mol. The maximum atomic E-state index is 10.4. The minimum atomic E-state index is -0.163. The van der Waals surface area contributed by atoms with Gasteiger partial charge in [-0.25, -0.2) is 0 Å². The molecule has 0 aliphatic heterocycles. The summed E-state index contributed by atoms with van der Waals surface area (Å²) in [5, 5.41) is 0. The van der Waals surface area contributed by atoms with Crippen LogP contribution in [0, 0.1) is 11.8 Å². The Balaban J connectivity index is 0.000000252. The maximum absolute atomic E-state index is 10.4. The van der Waals surface area contributed by atoms with E-state index in [4.69, 9.17) is 5.73 Å². The quantitative estimate of drug-likeness (QED) is 0.417. The van der Waals surface area contributed by atoms with Gasteiger partial charge in [-0.2, -0.15) is 0 Å². The molecule has 0 aromatic rings. The molecule has 2 nitrogen and oxygen atoms in total. The third kappa shape index (κ3) is 13.3. The van der Waals surface area contributed by atoms with Crippen LogP contribution < -0.4 is 5.73 Å². The fourth-order valence-electron chi connectivity index (χ4n) is 4.57. The zero-order valence-corrected chi connectivity index (χ0v) is 17.1. The van der Waals surface area contributed by atoms with Crippen molar-refractivity contribution >= 4 is 5.91 Å². The lowest BCUT2D eigenvalue weighted by Crippen LogP contribution is -2.14. The van der Waals surface area contributed by atoms with E-state index in [1.165, 1.54) is 70.6 Å². The standard InChI is InChI=1S/C13H24.C10H21NO/c1-3-7-12(8-4-1)11-13-9-5-2-6-10-13;1-2-3-4-5-6-7-8-9-10(11)12/h12-13H,1-11H2;2-9H2,1H3,(H2,11,12). The van der Waals surface area contributed by atoms with Gasteiger partial charge >= 0.3 is 0 Å². The van der Waals surface area contributed by atoms with Crippen molar-refractivity contribution in [3.8, 4) is 0 Å². The summed E-state index contributed by atoms with van der Waals surface area (Å²) in [6, 6.07) is 0. The Morgan fingerprint density at radius 1 is 0.720 bits per heavy atom. The second-order valence-corrected chi connectivity index (χ2v) is 8.58. The molecule has 0 spiro atoms. The highest BCUT2D eigenvalue weighted by molar-refractivity contribution is 5.73. The van der Waals surface area contributed by atoms with Gasteiger partial charge in [-0.3, -0.25) is 4.79 Å². The molecule has 2 N–H and O–H groups in total. The largest absolute Gasteiger partial charge is 0.370 e. The zero-order chi connectivity index (χ0) is 18.2. The summed E-state index contributed by atoms with van der Waals surface area (Å²) in [7, 11) is 0. The van der Waals surface area contributed by atoms with E-state index in [0.717, 1.165) is 24.7 Å². The molecule has 0 saturated heterocycles. The maximum Gasteiger partial charge on any atom is 0.217 e. The summed E-state index contributed by atoms with van der Waals surface area (Å²) in [5.74, 6) is 2.08. The van der Waals surface area contributed by atoms with Crippen molar-refractivity contribution in [2.45, 2.75) is 129 Å². The van der Waals surface area contributed by atoms with E-state index in [0.29, 0.717) is 6.42 Å². The van der Waals surface area contributed by atoms with Crippen molar-refractivity contribution in [3.63, 3.8) is 0 Å². The van der Waals surface area contributed by atoms with Crippen LogP contribution >= 0.6 is 0 Å². The number of primary amides is 1. The van der Waals surface area contributed by atoms with Crippen LogP contribution in [0.5, 0.6) is 0 Å². The van der Waals surface area contributed by atoms with Crippen LogP contribution in [0.2, 0.25) is 0 Å². The average Bonchev–Trinajstić information content (AvgIpc) is 2.63. The number of rotatable bonds is 10. The van der Waals surface area contributed by atoms with Crippen LogP contribution in [0.1, 0.15) is 129 Å². The monoisotopic (exact) mass is 351 g/mol. The lowest BCUT2D eigenvalue weighted by Gasteiger charge is -2.28. The second-order valence-electron chi connectivity index (χ2n) is 8.58. The van der Waals surface area contributed by atoms with Crippen LogP contribution in [-0.2, 0) is 4.79 Å². The topological polar surface area (TPSA) is 43.1 Å². The van der Waals surface area contributed by atoms with E-state index in [1.54, 1.807) is 32.1 Å². The molecule has 0 heterocycles. The van der Waals surface area contributed by atoms with Crippen molar-refractivity contribution in [2.75, 3.05) is 0 Å². The molecule has 2 heteroatoms. The molecule has 148 valence electrons. The molecule has 0 aromatic carbocycles. The highest BCUT2D eigenvalue weighted by Gasteiger charge is 2.20. The number of nitrogens with two attached hydrogens (primary N) is 1. The van der Waals surface area contributed by atoms with Crippen molar-refractivity contribution in [3.05, 3.63) is 0 Å². The third-order valence-corrected chi connectivity index (χ3v) is 6.14. The van der Waals surface area contributed by atoms with Gasteiger partial charge in [0.15, 0.2) is 0 Å². The predicted octanol–water partition coefficient (Wildman–Crippen LogP) is 7.15. The second kappa shape index (κ2) is 15.7. The molecule has 0 radical (unpaired) electrons. The summed E-state index contributed by atoms with van der Waals surface area (Å²) >= 11 is 0. The highest BCUT2D eigenvalue weighted by Crippen LogP contribution is 2.34. The molecule has 2 aliphatic rings. The molecular weight excluding hydrogens is 306 g/mol. The Morgan fingerprint density at radius 2 is 1.16 bits per heavy atom. The molecule has 2 aliphatic carbocycles. The lowest BCUT2D eigenvalue weighted by atomic mass is 9.78. The molecule has 2 rings (SSSR count). The van der Waals surface area contributed by atoms with Crippen LogP contribution in [0.4, 0.5) is 0 Å². The van der Waals surface area contributed by atoms with E-state index in [2.05, 4.69) is 6.92 Å². The van der Waals surface area contributed by atoms with E-state index < -0.39 is 0 Å². The number of hydrogen-bond donors (Lipinski definition) is 1. The summed E-state index contributed by atoms with van der Waals surface area (Å²) in [6.07, 6.45) is 26.2. The van der Waals surface area contributed by atoms with Crippen molar-refractivity contribution < 1.29 is 4.79 Å². The van der Waals surface area contributed by atoms with E-state index in [-0.39, 0.29) is 5.91 Å². The van der Waals surface area contributed by atoms with Gasteiger partial charge in [0.05, 0.1) is 0 Å². The smallest absolute Gasteiger partial charge is 0.217 e. The predicted molar refractivity (Wildman–Crippen MR) is 110 cm³/mol. The summed E-state index contributed by atoms with van der Waals surface area (Å²) in [4.78, 5) is 10.4. The SMILES string of the molecule is C1CCC(CC2CCCCC2)CC1.CCCCCCCCCC(N)=O. The fraction of sp³-hybridized carbons (Fsp3) is 0.957. The fourth-order valence-corrected chi connectivity index (χ4v) is 4.57. The Labute approximate surface area is 157 Å². The Morgan fingerprint density at radius 3 is 1.60 bits per heavy atom. The highest BCUT2D eigenvalue weighted by atomic mass is 16.1. The molecule has 0 atom stereocenters. The minimum Gasteiger partial charge on any atom is -0.370 e. The Kier molecular flexibility index (Phi) is 14.1. The molecule has 0 aromatic heterocycles. The van der Waals surface area contributed by atoms with E-state index in [9.17, 15) is 4.79 Å². The van der Waals surface area contributed by atoms with Crippen molar-refractivity contribution in [1.29, 1.82) is 0 Å². The first-order valence-electron chi connectivity index (χ1n) is 11.5. The van der Waals surface area contributed by atoms with Crippen LogP contribution in [0.25, 0.3) is 0 Å². The van der Waals surface area contributed by atoms with Gasteiger partial charge in [0.2, 0.25) is 5.91 Å². The van der Waals surface area contributed by atoms with E-state index >= 15 is 0 Å². The van der Waals surface area contributed by atoms with Gasteiger partial charge in [0.25, 0.3) is 0 Å². The molecule has 2 saturated carbocycles. The Bertz CT molecular complexity index is 287. The third-order valence-electron chi connectivity index (χ3n) is 6.14. The van der Waals surface area contributed by atoms with Crippen molar-refractivity contribution in [2.24, 2.45) is 17.6 Å². The number of hydrogen-bond acceptors (Lipinski definition) is 1. The summed E-state index contributed by atoms with van der Waals surface area (Å²) < 4.78 is 0. The van der Waals surface area contributed by atoms with Crippen molar-refractivity contribution in [1.82, 2.24) is 0 Å². The lowest BCUT2D eigenvalue weighted by molar-refractivity contribution is -0.118. The molecule has 25 heavy (non-hydrogen) atoms. The number of carbonyl (C=O) groups excluding carboxylic acids is 1.